The first kappa shape index (κ1) is 10.2. The minimum absolute atomic E-state index is 0.328. The van der Waals surface area contributed by atoms with Crippen molar-refractivity contribution in [1.82, 2.24) is 20.7 Å². The SMILES string of the molecule is CCC(CC)C(NC)c1cn[nH]n1. The van der Waals surface area contributed by atoms with Crippen LogP contribution in [0.4, 0.5) is 0 Å². The van der Waals surface area contributed by atoms with E-state index in [1.807, 2.05) is 7.05 Å². The van der Waals surface area contributed by atoms with Crippen LogP contribution < -0.4 is 5.32 Å². The number of hydrogen-bond acceptors (Lipinski definition) is 3. The molecule has 0 aliphatic carbocycles. The molecule has 1 atom stereocenters. The maximum Gasteiger partial charge on any atom is 0.0996 e. The summed E-state index contributed by atoms with van der Waals surface area (Å²) in [5.41, 5.74) is 1.01. The number of aromatic nitrogens is 3. The molecule has 0 spiro atoms. The summed E-state index contributed by atoms with van der Waals surface area (Å²) in [5.74, 6) is 0.634. The van der Waals surface area contributed by atoms with Crippen LogP contribution in [0.25, 0.3) is 0 Å². The largest absolute Gasteiger partial charge is 0.311 e. The van der Waals surface area contributed by atoms with E-state index >= 15 is 0 Å². The second-order valence-corrected chi connectivity index (χ2v) is 3.24. The fourth-order valence-electron chi connectivity index (χ4n) is 1.75. The standard InChI is InChI=1S/C9H18N4/c1-4-7(5-2)9(10-3)8-6-11-13-12-8/h6-7,9-10H,4-5H2,1-3H3,(H,11,12,13). The predicted molar refractivity (Wildman–Crippen MR) is 52.3 cm³/mol. The Morgan fingerprint density at radius 2 is 2.15 bits per heavy atom. The fourth-order valence-corrected chi connectivity index (χ4v) is 1.75. The van der Waals surface area contributed by atoms with Crippen molar-refractivity contribution in [1.29, 1.82) is 0 Å². The van der Waals surface area contributed by atoms with E-state index in [4.69, 9.17) is 0 Å². The quantitative estimate of drug-likeness (QED) is 0.725. The van der Waals surface area contributed by atoms with Crippen LogP contribution in [0.1, 0.15) is 38.4 Å². The van der Waals surface area contributed by atoms with Crippen molar-refractivity contribution in [3.05, 3.63) is 11.9 Å². The van der Waals surface area contributed by atoms with Gasteiger partial charge in [-0.3, -0.25) is 0 Å². The molecule has 0 aliphatic rings. The lowest BCUT2D eigenvalue weighted by Gasteiger charge is -2.22. The third-order valence-corrected chi connectivity index (χ3v) is 2.58. The molecule has 1 aromatic heterocycles. The second-order valence-electron chi connectivity index (χ2n) is 3.24. The molecule has 0 bridgehead atoms. The third kappa shape index (κ3) is 2.28. The number of aromatic amines is 1. The van der Waals surface area contributed by atoms with Crippen LogP contribution in [0.3, 0.4) is 0 Å². The van der Waals surface area contributed by atoms with Gasteiger partial charge in [0.25, 0.3) is 0 Å². The van der Waals surface area contributed by atoms with E-state index in [9.17, 15) is 0 Å². The fraction of sp³-hybridized carbons (Fsp3) is 0.778. The van der Waals surface area contributed by atoms with Crippen LogP contribution >= 0.6 is 0 Å². The van der Waals surface area contributed by atoms with Gasteiger partial charge in [-0.15, -0.1) is 0 Å². The molecule has 13 heavy (non-hydrogen) atoms. The summed E-state index contributed by atoms with van der Waals surface area (Å²) in [5, 5.41) is 13.9. The first-order valence-electron chi connectivity index (χ1n) is 4.86. The van der Waals surface area contributed by atoms with Crippen molar-refractivity contribution in [3.63, 3.8) is 0 Å². The van der Waals surface area contributed by atoms with Gasteiger partial charge in [-0.05, 0) is 13.0 Å². The van der Waals surface area contributed by atoms with Crippen molar-refractivity contribution in [2.24, 2.45) is 5.92 Å². The molecule has 1 aromatic rings. The first-order valence-corrected chi connectivity index (χ1v) is 4.86. The second kappa shape index (κ2) is 4.97. The van der Waals surface area contributed by atoms with Crippen LogP contribution in [-0.2, 0) is 0 Å². The Kier molecular flexibility index (Phi) is 3.89. The summed E-state index contributed by atoms with van der Waals surface area (Å²) in [7, 11) is 1.97. The lowest BCUT2D eigenvalue weighted by atomic mass is 9.92. The van der Waals surface area contributed by atoms with E-state index in [1.165, 1.54) is 0 Å². The molecule has 0 amide bonds. The monoisotopic (exact) mass is 182 g/mol. The number of nitrogens with one attached hydrogen (secondary N) is 2. The van der Waals surface area contributed by atoms with Crippen molar-refractivity contribution in [2.45, 2.75) is 32.7 Å². The van der Waals surface area contributed by atoms with Gasteiger partial charge in [-0.1, -0.05) is 26.7 Å². The number of H-pyrrole nitrogens is 1. The Morgan fingerprint density at radius 3 is 2.54 bits per heavy atom. The Morgan fingerprint density at radius 1 is 1.46 bits per heavy atom. The van der Waals surface area contributed by atoms with Crippen molar-refractivity contribution in [2.75, 3.05) is 7.05 Å². The van der Waals surface area contributed by atoms with Gasteiger partial charge in [0.15, 0.2) is 0 Å². The van der Waals surface area contributed by atoms with E-state index in [0.717, 1.165) is 18.5 Å². The zero-order valence-electron chi connectivity index (χ0n) is 8.54. The topological polar surface area (TPSA) is 53.6 Å². The summed E-state index contributed by atoms with van der Waals surface area (Å²) in [6, 6.07) is 0.328. The highest BCUT2D eigenvalue weighted by molar-refractivity contribution is 5.01. The van der Waals surface area contributed by atoms with E-state index in [1.54, 1.807) is 6.20 Å². The minimum Gasteiger partial charge on any atom is -0.311 e. The summed E-state index contributed by atoms with van der Waals surface area (Å²) in [6.07, 6.45) is 4.11. The molecule has 4 nitrogen and oxygen atoms in total. The highest BCUT2D eigenvalue weighted by Crippen LogP contribution is 2.24. The summed E-state index contributed by atoms with van der Waals surface area (Å²) in [4.78, 5) is 0. The average molecular weight is 182 g/mol. The molecule has 0 fully saturated rings. The Hall–Kier alpha value is -0.900. The molecule has 0 radical (unpaired) electrons. The highest BCUT2D eigenvalue weighted by atomic mass is 15.3. The zero-order valence-corrected chi connectivity index (χ0v) is 8.54. The first-order chi connectivity index (χ1) is 6.33. The maximum absolute atomic E-state index is 4.11. The molecule has 74 valence electrons. The number of nitrogens with zero attached hydrogens (tertiary/aromatic N) is 2. The lowest BCUT2D eigenvalue weighted by molar-refractivity contribution is 0.353. The maximum atomic E-state index is 4.11. The molecule has 1 heterocycles. The zero-order chi connectivity index (χ0) is 9.68. The molecule has 1 rings (SSSR count). The van der Waals surface area contributed by atoms with Gasteiger partial charge in [0.1, 0.15) is 0 Å². The van der Waals surface area contributed by atoms with Gasteiger partial charge in [0.2, 0.25) is 0 Å². The van der Waals surface area contributed by atoms with Gasteiger partial charge < -0.3 is 5.32 Å². The number of hydrogen-bond donors (Lipinski definition) is 2. The van der Waals surface area contributed by atoms with E-state index in [-0.39, 0.29) is 0 Å². The van der Waals surface area contributed by atoms with Crippen LogP contribution in [0, 0.1) is 5.92 Å². The van der Waals surface area contributed by atoms with Gasteiger partial charge >= 0.3 is 0 Å². The minimum atomic E-state index is 0.328. The van der Waals surface area contributed by atoms with Gasteiger partial charge in [-0.25, -0.2) is 0 Å². The van der Waals surface area contributed by atoms with Crippen LogP contribution in [-0.4, -0.2) is 22.5 Å². The molecular formula is C9H18N4. The molecule has 0 saturated carbocycles. The van der Waals surface area contributed by atoms with Crippen LogP contribution in [0.15, 0.2) is 6.20 Å². The Bertz CT molecular complexity index is 216. The summed E-state index contributed by atoms with van der Waals surface area (Å²) >= 11 is 0. The Labute approximate surface area is 79.1 Å². The van der Waals surface area contributed by atoms with Crippen LogP contribution in [0.5, 0.6) is 0 Å². The van der Waals surface area contributed by atoms with Crippen molar-refractivity contribution < 1.29 is 0 Å². The third-order valence-electron chi connectivity index (χ3n) is 2.58. The summed E-state index contributed by atoms with van der Waals surface area (Å²) < 4.78 is 0. The normalized spacial score (nSPS) is 13.5. The molecule has 1 unspecified atom stereocenters. The lowest BCUT2D eigenvalue weighted by Crippen LogP contribution is -2.24. The molecule has 0 saturated heterocycles. The van der Waals surface area contributed by atoms with E-state index < -0.39 is 0 Å². The van der Waals surface area contributed by atoms with Crippen LogP contribution in [0.2, 0.25) is 0 Å². The molecular weight excluding hydrogens is 164 g/mol. The predicted octanol–water partition coefficient (Wildman–Crippen LogP) is 1.50. The van der Waals surface area contributed by atoms with Crippen molar-refractivity contribution in [3.8, 4) is 0 Å². The van der Waals surface area contributed by atoms with E-state index in [0.29, 0.717) is 12.0 Å². The smallest absolute Gasteiger partial charge is 0.0996 e. The average Bonchev–Trinajstić information content (AvgIpc) is 2.66. The number of rotatable bonds is 5. The Balaban J connectivity index is 2.72. The summed E-state index contributed by atoms with van der Waals surface area (Å²) in [6.45, 7) is 4.41. The molecule has 0 aliphatic heterocycles. The molecule has 4 heteroatoms. The molecule has 2 N–H and O–H groups in total. The van der Waals surface area contributed by atoms with Gasteiger partial charge in [-0.2, -0.15) is 15.4 Å². The van der Waals surface area contributed by atoms with Gasteiger partial charge in [0.05, 0.1) is 17.9 Å². The van der Waals surface area contributed by atoms with Crippen molar-refractivity contribution >= 4 is 0 Å². The molecule has 0 aromatic carbocycles. The highest BCUT2D eigenvalue weighted by Gasteiger charge is 2.20. The van der Waals surface area contributed by atoms with E-state index in [2.05, 4.69) is 34.6 Å². The van der Waals surface area contributed by atoms with Gasteiger partial charge in [0, 0.05) is 0 Å².